The van der Waals surface area contributed by atoms with Gasteiger partial charge in [-0.15, -0.1) is 0 Å². The van der Waals surface area contributed by atoms with Crippen LogP contribution in [0.3, 0.4) is 0 Å². The van der Waals surface area contributed by atoms with Crippen LogP contribution in [0.5, 0.6) is 0 Å². The summed E-state index contributed by atoms with van der Waals surface area (Å²) in [5, 5.41) is 6.69. The molecule has 15 heteroatoms. The molecule has 4 rings (SSSR count). The predicted molar refractivity (Wildman–Crippen MR) is 113 cm³/mol. The summed E-state index contributed by atoms with van der Waals surface area (Å²) in [5.41, 5.74) is -0.0881. The zero-order valence-corrected chi connectivity index (χ0v) is 18.7. The van der Waals surface area contributed by atoms with Crippen molar-refractivity contribution in [2.75, 3.05) is 49.1 Å². The first-order valence-electron chi connectivity index (χ1n) is 10.8. The normalized spacial score (nSPS) is 18.4. The van der Waals surface area contributed by atoms with Crippen molar-refractivity contribution in [1.82, 2.24) is 15.5 Å². The second-order valence-corrected chi connectivity index (χ2v) is 7.90. The Labute approximate surface area is 201 Å². The minimum atomic E-state index is -3.23. The van der Waals surface area contributed by atoms with Crippen LogP contribution in [0.2, 0.25) is 0 Å². The number of ether oxygens (including phenoxy) is 1. The van der Waals surface area contributed by atoms with Gasteiger partial charge in [-0.1, -0.05) is 5.16 Å². The summed E-state index contributed by atoms with van der Waals surface area (Å²) in [6.07, 6.45) is -3.88. The van der Waals surface area contributed by atoms with Gasteiger partial charge in [0.2, 0.25) is 0 Å². The van der Waals surface area contributed by atoms with Crippen molar-refractivity contribution < 1.29 is 46.0 Å². The molecule has 2 aliphatic rings. The lowest BCUT2D eigenvalue weighted by Crippen LogP contribution is -2.37. The van der Waals surface area contributed by atoms with E-state index in [1.54, 1.807) is 0 Å². The number of halogens is 4. The monoisotopic (exact) mass is 515 g/mol. The molecule has 0 saturated carbocycles. The first-order valence-corrected chi connectivity index (χ1v) is 10.8. The Kier molecular flexibility index (Phi) is 7.57. The smallest absolute Gasteiger partial charge is 0.414 e. The molecule has 1 aromatic carbocycles. The van der Waals surface area contributed by atoms with E-state index < -0.39 is 42.1 Å². The van der Waals surface area contributed by atoms with Crippen LogP contribution in [0.4, 0.5) is 33.7 Å². The Hall–Kier alpha value is -3.88. The lowest BCUT2D eigenvalue weighted by molar-refractivity contribution is -0.181. The SMILES string of the molecule is O=C(NCC1CN(c2cc(F)c(N3CCON(C(=O)Cc4ccon4)CC3)c(F)c2)C(=O)O1)C(F)F. The molecule has 1 N–H and O–H groups in total. The van der Waals surface area contributed by atoms with Gasteiger partial charge in [-0.25, -0.2) is 18.6 Å². The number of hydrogen-bond acceptors (Lipinski definition) is 8. The number of anilines is 2. The third-order valence-electron chi connectivity index (χ3n) is 5.49. The number of rotatable bonds is 7. The quantitative estimate of drug-likeness (QED) is 0.552. The standard InChI is InChI=1S/C21H21F4N5O6/c22-15-8-13(29-11-14(36-21(29)33)10-26-20(32)19(24)25)9-16(23)18(15)28-2-3-30(35-6-4-28)17(31)7-12-1-5-34-27-12/h1,5,8-9,14,19H,2-4,6-7,10-11H2,(H,26,32). The highest BCUT2D eigenvalue weighted by molar-refractivity contribution is 5.90. The van der Waals surface area contributed by atoms with Crippen LogP contribution in [0.25, 0.3) is 0 Å². The summed E-state index contributed by atoms with van der Waals surface area (Å²) in [6, 6.07) is 3.42. The highest BCUT2D eigenvalue weighted by Crippen LogP contribution is 2.31. The van der Waals surface area contributed by atoms with Crippen molar-refractivity contribution in [1.29, 1.82) is 0 Å². The number of hydroxylamine groups is 2. The van der Waals surface area contributed by atoms with Gasteiger partial charge in [0.1, 0.15) is 18.1 Å². The maximum absolute atomic E-state index is 15.0. The number of alkyl halides is 2. The summed E-state index contributed by atoms with van der Waals surface area (Å²) in [7, 11) is 0. The van der Waals surface area contributed by atoms with E-state index in [9.17, 15) is 23.2 Å². The Bertz CT molecular complexity index is 1100. The number of hydrogen-bond donors (Lipinski definition) is 1. The molecule has 3 amide bonds. The average molecular weight is 515 g/mol. The fourth-order valence-corrected chi connectivity index (χ4v) is 3.78. The van der Waals surface area contributed by atoms with E-state index >= 15 is 8.78 Å². The molecule has 2 saturated heterocycles. The molecule has 3 heterocycles. The summed E-state index contributed by atoms with van der Waals surface area (Å²) in [5.74, 6) is -3.84. The number of cyclic esters (lactones) is 1. The molecule has 1 unspecified atom stereocenters. The minimum Gasteiger partial charge on any atom is -0.442 e. The molecule has 1 aromatic heterocycles. The molecule has 194 valence electrons. The van der Waals surface area contributed by atoms with Crippen LogP contribution in [-0.4, -0.2) is 80.0 Å². The molecular formula is C21H21F4N5O6. The van der Waals surface area contributed by atoms with E-state index in [1.807, 2.05) is 5.32 Å². The second kappa shape index (κ2) is 10.8. The van der Waals surface area contributed by atoms with Crippen molar-refractivity contribution in [3.8, 4) is 0 Å². The Balaban J connectivity index is 1.40. The minimum absolute atomic E-state index is 0.0182. The molecule has 0 bridgehead atoms. The van der Waals surface area contributed by atoms with E-state index in [0.29, 0.717) is 5.69 Å². The number of nitrogens with one attached hydrogen (secondary N) is 1. The van der Waals surface area contributed by atoms with Crippen molar-refractivity contribution in [3.05, 3.63) is 41.8 Å². The number of nitrogens with zero attached hydrogens (tertiary/aromatic N) is 4. The van der Waals surface area contributed by atoms with Crippen molar-refractivity contribution in [2.45, 2.75) is 19.0 Å². The van der Waals surface area contributed by atoms with Gasteiger partial charge in [0.25, 0.3) is 11.8 Å². The van der Waals surface area contributed by atoms with Crippen LogP contribution in [-0.2, 0) is 25.6 Å². The molecule has 2 aliphatic heterocycles. The van der Waals surface area contributed by atoms with Gasteiger partial charge < -0.3 is 19.5 Å². The number of amides is 3. The van der Waals surface area contributed by atoms with Gasteiger partial charge in [-0.05, 0) is 0 Å². The molecule has 0 aliphatic carbocycles. The summed E-state index contributed by atoms with van der Waals surface area (Å²) in [6.45, 7) is -0.430. The maximum Gasteiger partial charge on any atom is 0.414 e. The summed E-state index contributed by atoms with van der Waals surface area (Å²) < 4.78 is 64.3. The van der Waals surface area contributed by atoms with Gasteiger partial charge >= 0.3 is 12.5 Å². The molecule has 2 fully saturated rings. The number of benzene rings is 1. The van der Waals surface area contributed by atoms with E-state index in [1.165, 1.54) is 17.2 Å². The van der Waals surface area contributed by atoms with Gasteiger partial charge in [0, 0.05) is 31.3 Å². The first-order chi connectivity index (χ1) is 17.2. The van der Waals surface area contributed by atoms with Crippen LogP contribution < -0.4 is 15.1 Å². The number of aromatic nitrogens is 1. The van der Waals surface area contributed by atoms with Crippen LogP contribution in [0.15, 0.2) is 29.0 Å². The largest absolute Gasteiger partial charge is 0.442 e. The van der Waals surface area contributed by atoms with Crippen LogP contribution in [0.1, 0.15) is 5.69 Å². The van der Waals surface area contributed by atoms with E-state index in [4.69, 9.17) is 9.57 Å². The highest BCUT2D eigenvalue weighted by atomic mass is 19.3. The fraction of sp³-hybridized carbons (Fsp3) is 0.429. The third-order valence-corrected chi connectivity index (χ3v) is 5.49. The van der Waals surface area contributed by atoms with E-state index in [-0.39, 0.29) is 57.1 Å². The van der Waals surface area contributed by atoms with Crippen LogP contribution in [0, 0.1) is 11.6 Å². The van der Waals surface area contributed by atoms with E-state index in [2.05, 4.69) is 9.68 Å². The van der Waals surface area contributed by atoms with Gasteiger partial charge in [0.05, 0.1) is 44.0 Å². The lowest BCUT2D eigenvalue weighted by Gasteiger charge is -2.24. The molecule has 0 radical (unpaired) electrons. The fourth-order valence-electron chi connectivity index (χ4n) is 3.78. The summed E-state index contributed by atoms with van der Waals surface area (Å²) in [4.78, 5) is 43.3. The van der Waals surface area contributed by atoms with Crippen molar-refractivity contribution in [3.63, 3.8) is 0 Å². The average Bonchev–Trinajstić information content (AvgIpc) is 3.40. The second-order valence-electron chi connectivity index (χ2n) is 7.90. The summed E-state index contributed by atoms with van der Waals surface area (Å²) >= 11 is 0. The van der Waals surface area contributed by atoms with E-state index in [0.717, 1.165) is 22.1 Å². The highest BCUT2D eigenvalue weighted by Gasteiger charge is 2.34. The molecule has 0 spiro atoms. The number of carbonyl (C=O) groups is 3. The van der Waals surface area contributed by atoms with Gasteiger partial charge in [-0.2, -0.15) is 8.78 Å². The molecule has 2 aromatic rings. The molecular weight excluding hydrogens is 494 g/mol. The topological polar surface area (TPSA) is 117 Å². The number of carbonyl (C=O) groups excluding carboxylic acids is 3. The maximum atomic E-state index is 15.0. The molecule has 1 atom stereocenters. The Morgan fingerprint density at radius 1 is 1.17 bits per heavy atom. The Morgan fingerprint density at radius 2 is 1.92 bits per heavy atom. The van der Waals surface area contributed by atoms with Crippen molar-refractivity contribution in [2.24, 2.45) is 0 Å². The van der Waals surface area contributed by atoms with Gasteiger partial charge in [-0.3, -0.25) is 19.3 Å². The zero-order chi connectivity index (χ0) is 25.8. The predicted octanol–water partition coefficient (Wildman–Crippen LogP) is 1.48. The van der Waals surface area contributed by atoms with Gasteiger partial charge in [0.15, 0.2) is 11.6 Å². The third kappa shape index (κ3) is 5.67. The lowest BCUT2D eigenvalue weighted by atomic mass is 10.2. The molecule has 36 heavy (non-hydrogen) atoms. The zero-order valence-electron chi connectivity index (χ0n) is 18.7. The first kappa shape index (κ1) is 25.2. The molecule has 11 nitrogen and oxygen atoms in total. The van der Waals surface area contributed by atoms with Crippen molar-refractivity contribution >= 4 is 29.3 Å². The van der Waals surface area contributed by atoms with Crippen LogP contribution >= 0.6 is 0 Å². The Morgan fingerprint density at radius 3 is 2.58 bits per heavy atom.